The predicted molar refractivity (Wildman–Crippen MR) is 124 cm³/mol. The van der Waals surface area contributed by atoms with Crippen molar-refractivity contribution in [2.75, 3.05) is 18.5 Å². The summed E-state index contributed by atoms with van der Waals surface area (Å²) in [7, 11) is 0. The zero-order chi connectivity index (χ0) is 28.2. The van der Waals surface area contributed by atoms with Crippen LogP contribution in [0.25, 0.3) is 5.65 Å². The highest BCUT2D eigenvalue weighted by atomic mass is 19.4. The highest BCUT2D eigenvalue weighted by Gasteiger charge is 2.61. The van der Waals surface area contributed by atoms with Crippen LogP contribution < -0.4 is 14.8 Å². The van der Waals surface area contributed by atoms with E-state index in [0.717, 1.165) is 30.5 Å². The van der Waals surface area contributed by atoms with Crippen LogP contribution >= 0.6 is 0 Å². The number of aliphatic carboxylic acids is 1. The standard InChI is InChI=1S/C23H21F2N3O4.C2HF3O2/c1-22-10-23(11-22,12-31-22)17-9-28-8-14(7-16(19(28)27-17)32-21(24)25)26-20(29)15-4-2-3-13-5-6-30-18(13)15;3-2(4,5)1(6)7/h2-4,7-9,21H,5-6,10-12H2,1H3,(H,26,29);(H,6,7). The van der Waals surface area contributed by atoms with Crippen LogP contribution in [0.1, 0.15) is 41.4 Å². The van der Waals surface area contributed by atoms with Crippen molar-refractivity contribution in [2.45, 2.75) is 50.0 Å². The first-order chi connectivity index (χ1) is 18.3. The van der Waals surface area contributed by atoms with Gasteiger partial charge in [-0.05, 0) is 31.4 Å². The van der Waals surface area contributed by atoms with E-state index in [-0.39, 0.29) is 28.3 Å². The minimum Gasteiger partial charge on any atom is -0.492 e. The van der Waals surface area contributed by atoms with Crippen LogP contribution in [0.15, 0.2) is 36.7 Å². The van der Waals surface area contributed by atoms with Gasteiger partial charge in [-0.3, -0.25) is 4.79 Å². The summed E-state index contributed by atoms with van der Waals surface area (Å²) in [6.07, 6.45) is 0.809. The summed E-state index contributed by atoms with van der Waals surface area (Å²) in [5.41, 5.74) is 2.42. The number of ether oxygens (including phenoxy) is 3. The summed E-state index contributed by atoms with van der Waals surface area (Å²) >= 11 is 0. The highest BCUT2D eigenvalue weighted by molar-refractivity contribution is 6.06. The van der Waals surface area contributed by atoms with Crippen molar-refractivity contribution in [3.63, 3.8) is 0 Å². The summed E-state index contributed by atoms with van der Waals surface area (Å²) in [6, 6.07) is 6.77. The third kappa shape index (κ3) is 5.07. The fourth-order valence-electron chi connectivity index (χ4n) is 5.32. The first-order valence-electron chi connectivity index (χ1n) is 11.8. The number of rotatable bonds is 5. The number of aromatic nitrogens is 2. The van der Waals surface area contributed by atoms with Gasteiger partial charge in [0.05, 0.1) is 35.8 Å². The number of nitrogens with zero attached hydrogens (tertiary/aromatic N) is 2. The Hall–Kier alpha value is -3.94. The molecule has 4 aliphatic rings. The van der Waals surface area contributed by atoms with Gasteiger partial charge in [0.15, 0.2) is 11.4 Å². The minimum absolute atomic E-state index is 0.101. The molecule has 0 radical (unpaired) electrons. The molecule has 2 bridgehead atoms. The SMILES string of the molecule is CC12CC(c3cn4cc(NC(=O)c5cccc6c5OCC6)cc(OC(F)F)c4n3)(CO1)C2.O=C(O)C(F)(F)F. The van der Waals surface area contributed by atoms with Gasteiger partial charge >= 0.3 is 18.8 Å². The zero-order valence-electron chi connectivity index (χ0n) is 20.3. The van der Waals surface area contributed by atoms with E-state index in [9.17, 15) is 26.7 Å². The summed E-state index contributed by atoms with van der Waals surface area (Å²) in [6.45, 7) is 0.133. The van der Waals surface area contributed by atoms with Gasteiger partial charge in [0, 0.05) is 30.3 Å². The number of imidazole rings is 1. The van der Waals surface area contributed by atoms with E-state index in [2.05, 4.69) is 17.2 Å². The smallest absolute Gasteiger partial charge is 0.490 e. The molecule has 1 amide bonds. The lowest BCUT2D eigenvalue weighted by Gasteiger charge is -2.41. The number of benzene rings is 1. The molecule has 2 saturated heterocycles. The Morgan fingerprint density at radius 2 is 1.95 bits per heavy atom. The van der Waals surface area contributed by atoms with Crippen LogP contribution in [0, 0.1) is 0 Å². The quantitative estimate of drug-likeness (QED) is 0.444. The normalized spacial score (nSPS) is 22.9. The maximum Gasteiger partial charge on any atom is 0.490 e. The molecule has 0 atom stereocenters. The lowest BCUT2D eigenvalue weighted by Crippen LogP contribution is -2.45. The lowest BCUT2D eigenvalue weighted by molar-refractivity contribution is -0.192. The van der Waals surface area contributed by atoms with Crippen LogP contribution in [0.2, 0.25) is 0 Å². The van der Waals surface area contributed by atoms with Crippen molar-refractivity contribution >= 4 is 23.2 Å². The largest absolute Gasteiger partial charge is 0.492 e. The Morgan fingerprint density at radius 3 is 2.56 bits per heavy atom. The Morgan fingerprint density at radius 1 is 1.23 bits per heavy atom. The van der Waals surface area contributed by atoms with Gasteiger partial charge in [0.25, 0.3) is 5.91 Å². The Labute approximate surface area is 217 Å². The average molecular weight is 555 g/mol. The molecule has 1 aliphatic carbocycles. The van der Waals surface area contributed by atoms with E-state index in [0.29, 0.717) is 30.2 Å². The molecular formula is C25H22F5N3O6. The predicted octanol–water partition coefficient (Wildman–Crippen LogP) is 4.58. The van der Waals surface area contributed by atoms with Gasteiger partial charge in [-0.15, -0.1) is 0 Å². The lowest BCUT2D eigenvalue weighted by atomic mass is 9.62. The number of carboxylic acid groups (broad SMARTS) is 1. The van der Waals surface area contributed by atoms with E-state index in [1.807, 2.05) is 6.07 Å². The molecule has 9 nitrogen and oxygen atoms in total. The molecule has 3 fully saturated rings. The van der Waals surface area contributed by atoms with E-state index >= 15 is 0 Å². The van der Waals surface area contributed by atoms with Crippen molar-refractivity contribution in [3.05, 3.63) is 53.5 Å². The molecule has 1 saturated carbocycles. The average Bonchev–Trinajstić information content (AvgIpc) is 3.59. The molecule has 1 aromatic carbocycles. The molecule has 208 valence electrons. The topological polar surface area (TPSA) is 111 Å². The number of amides is 1. The highest BCUT2D eigenvalue weighted by Crippen LogP contribution is 2.58. The molecule has 3 aromatic rings. The number of alkyl halides is 5. The minimum atomic E-state index is -5.08. The van der Waals surface area contributed by atoms with Crippen LogP contribution in [0.4, 0.5) is 27.6 Å². The maximum absolute atomic E-state index is 13.1. The van der Waals surface area contributed by atoms with Gasteiger partial charge in [-0.25, -0.2) is 9.78 Å². The molecule has 5 heterocycles. The van der Waals surface area contributed by atoms with Crippen LogP contribution in [-0.4, -0.2) is 58.0 Å². The molecule has 0 spiro atoms. The third-order valence-corrected chi connectivity index (χ3v) is 6.86. The summed E-state index contributed by atoms with van der Waals surface area (Å²) in [5, 5.41) is 9.91. The van der Waals surface area contributed by atoms with Crippen molar-refractivity contribution in [1.82, 2.24) is 9.38 Å². The van der Waals surface area contributed by atoms with Crippen molar-refractivity contribution in [2.24, 2.45) is 0 Å². The number of para-hydroxylation sites is 1. The zero-order valence-corrected chi connectivity index (χ0v) is 20.3. The van der Waals surface area contributed by atoms with E-state index in [4.69, 9.17) is 24.1 Å². The molecule has 2 aromatic heterocycles. The molecule has 7 rings (SSSR count). The van der Waals surface area contributed by atoms with Crippen molar-refractivity contribution in [3.8, 4) is 11.5 Å². The Kier molecular flexibility index (Phi) is 6.40. The molecule has 3 aliphatic heterocycles. The second-order valence-corrected chi connectivity index (χ2v) is 9.85. The van der Waals surface area contributed by atoms with Gasteiger partial charge in [-0.2, -0.15) is 22.0 Å². The fraction of sp³-hybridized carbons (Fsp3) is 0.400. The molecule has 2 N–H and O–H groups in total. The number of carbonyl (C=O) groups is 2. The summed E-state index contributed by atoms with van der Waals surface area (Å²) < 4.78 is 75.8. The summed E-state index contributed by atoms with van der Waals surface area (Å²) in [4.78, 5) is 26.4. The molecular weight excluding hydrogens is 533 g/mol. The third-order valence-electron chi connectivity index (χ3n) is 6.86. The van der Waals surface area contributed by atoms with Gasteiger partial charge in [-0.1, -0.05) is 12.1 Å². The number of hydrogen-bond donors (Lipinski definition) is 2. The van der Waals surface area contributed by atoms with Crippen LogP contribution in [0.5, 0.6) is 11.5 Å². The molecule has 0 unspecified atom stereocenters. The number of nitrogens with one attached hydrogen (secondary N) is 1. The van der Waals surface area contributed by atoms with E-state index in [1.165, 1.54) is 6.07 Å². The summed E-state index contributed by atoms with van der Waals surface area (Å²) in [5.74, 6) is -2.68. The van der Waals surface area contributed by atoms with Crippen LogP contribution in [0.3, 0.4) is 0 Å². The van der Waals surface area contributed by atoms with Crippen molar-refractivity contribution < 1.29 is 50.9 Å². The second kappa shape index (κ2) is 9.36. The number of carboxylic acids is 1. The molecule has 39 heavy (non-hydrogen) atoms. The number of fused-ring (bicyclic) bond motifs is 3. The van der Waals surface area contributed by atoms with Crippen molar-refractivity contribution in [1.29, 1.82) is 0 Å². The number of hydrogen-bond acceptors (Lipinski definition) is 6. The van der Waals surface area contributed by atoms with Gasteiger partial charge in [0.1, 0.15) is 5.75 Å². The van der Waals surface area contributed by atoms with E-state index in [1.54, 1.807) is 28.9 Å². The number of halogens is 5. The number of pyridine rings is 1. The molecule has 14 heteroatoms. The number of carbonyl (C=O) groups excluding carboxylic acids is 1. The Balaban J connectivity index is 0.000000392. The van der Waals surface area contributed by atoms with Gasteiger partial charge < -0.3 is 29.0 Å². The maximum atomic E-state index is 13.1. The van der Waals surface area contributed by atoms with Crippen LogP contribution in [-0.2, 0) is 21.4 Å². The monoisotopic (exact) mass is 555 g/mol. The Bertz CT molecular complexity index is 1450. The second-order valence-electron chi connectivity index (χ2n) is 9.85. The first-order valence-corrected chi connectivity index (χ1v) is 11.8. The number of anilines is 1. The van der Waals surface area contributed by atoms with E-state index < -0.39 is 18.8 Å². The first kappa shape index (κ1) is 26.7. The van der Waals surface area contributed by atoms with Gasteiger partial charge in [0.2, 0.25) is 0 Å². The fourth-order valence-corrected chi connectivity index (χ4v) is 5.32.